The summed E-state index contributed by atoms with van der Waals surface area (Å²) >= 11 is 0. The molecule has 0 atom stereocenters. The molecule has 0 fully saturated rings. The van der Waals surface area contributed by atoms with E-state index in [-0.39, 0.29) is 22.5 Å². The number of rotatable bonds is 4. The van der Waals surface area contributed by atoms with Gasteiger partial charge in [0.15, 0.2) is 5.82 Å². The van der Waals surface area contributed by atoms with Gasteiger partial charge in [0.2, 0.25) is 0 Å². The monoisotopic (exact) mass is 345 g/mol. The molecule has 0 radical (unpaired) electrons. The number of halogens is 2. The van der Waals surface area contributed by atoms with Crippen LogP contribution in [0.25, 0.3) is 11.0 Å². The highest BCUT2D eigenvalue weighted by Crippen LogP contribution is 2.32. The lowest BCUT2D eigenvalue weighted by Crippen LogP contribution is -2.09. The predicted molar refractivity (Wildman–Crippen MR) is 91.1 cm³/mol. The number of hydrogen-bond donors (Lipinski definition) is 1. The quantitative estimate of drug-likeness (QED) is 0.728. The minimum absolute atomic E-state index is 0.0323. The van der Waals surface area contributed by atoms with Gasteiger partial charge in [-0.2, -0.15) is 0 Å². The van der Waals surface area contributed by atoms with Gasteiger partial charge in [-0.05, 0) is 30.2 Å². The molecule has 0 spiro atoms. The first-order valence-electron chi connectivity index (χ1n) is 7.73. The zero-order chi connectivity index (χ0) is 18.1. The largest absolute Gasteiger partial charge is 0.465 e. The number of esters is 1. The molecule has 25 heavy (non-hydrogen) atoms. The Balaban J connectivity index is 2.17. The lowest BCUT2D eigenvalue weighted by Gasteiger charge is -2.14. The third kappa shape index (κ3) is 2.93. The fourth-order valence-corrected chi connectivity index (χ4v) is 2.63. The van der Waals surface area contributed by atoms with Crippen LogP contribution in [-0.4, -0.2) is 22.6 Å². The number of nitrogens with zero attached hydrogens (tertiary/aromatic N) is 2. The van der Waals surface area contributed by atoms with Crippen LogP contribution in [0, 0.1) is 11.6 Å². The number of ether oxygens (including phenoxy) is 1. The first kappa shape index (κ1) is 16.9. The summed E-state index contributed by atoms with van der Waals surface area (Å²) in [6.07, 6.45) is 2.12. The number of aromatic nitrogens is 2. The molecule has 0 aliphatic rings. The zero-order valence-electron chi connectivity index (χ0n) is 14.1. The van der Waals surface area contributed by atoms with E-state index in [1.165, 1.54) is 31.6 Å². The summed E-state index contributed by atoms with van der Waals surface area (Å²) in [5.74, 6) is -2.00. The number of imidazole rings is 1. The van der Waals surface area contributed by atoms with E-state index in [4.69, 9.17) is 4.74 Å². The van der Waals surface area contributed by atoms with Gasteiger partial charge in [0, 0.05) is 7.05 Å². The first-order chi connectivity index (χ1) is 12.0. The van der Waals surface area contributed by atoms with E-state index in [2.05, 4.69) is 10.3 Å². The van der Waals surface area contributed by atoms with Crippen LogP contribution < -0.4 is 5.32 Å². The summed E-state index contributed by atoms with van der Waals surface area (Å²) in [6, 6.07) is 6.09. The number of benzene rings is 2. The van der Waals surface area contributed by atoms with Crippen molar-refractivity contribution < 1.29 is 18.3 Å². The van der Waals surface area contributed by atoms with Gasteiger partial charge in [-0.15, -0.1) is 0 Å². The molecule has 0 saturated heterocycles. The van der Waals surface area contributed by atoms with Crippen LogP contribution in [-0.2, 0) is 18.2 Å². The molecule has 1 aromatic heterocycles. The number of aryl methyl sites for hydroxylation is 2. The van der Waals surface area contributed by atoms with Crippen LogP contribution in [0.4, 0.5) is 20.2 Å². The highest BCUT2D eigenvalue weighted by molar-refractivity contribution is 6.01. The molecule has 2 aromatic carbocycles. The van der Waals surface area contributed by atoms with Gasteiger partial charge < -0.3 is 14.6 Å². The molecule has 1 heterocycles. The van der Waals surface area contributed by atoms with E-state index in [1.54, 1.807) is 17.7 Å². The molecule has 0 aliphatic carbocycles. The fraction of sp³-hybridized carbons (Fsp3) is 0.222. The number of methoxy groups -OCH3 is 1. The van der Waals surface area contributed by atoms with Crippen molar-refractivity contribution in [2.24, 2.45) is 7.05 Å². The van der Waals surface area contributed by atoms with E-state index in [0.717, 1.165) is 5.56 Å². The number of anilines is 2. The van der Waals surface area contributed by atoms with Gasteiger partial charge in [0.1, 0.15) is 11.3 Å². The van der Waals surface area contributed by atoms with Gasteiger partial charge in [-0.3, -0.25) is 0 Å². The summed E-state index contributed by atoms with van der Waals surface area (Å²) < 4.78 is 35.5. The highest BCUT2D eigenvalue weighted by atomic mass is 19.1. The van der Waals surface area contributed by atoms with Crippen molar-refractivity contribution in [3.63, 3.8) is 0 Å². The zero-order valence-corrected chi connectivity index (χ0v) is 14.1. The molecule has 3 rings (SSSR count). The normalized spacial score (nSPS) is 10.9. The average Bonchev–Trinajstić information content (AvgIpc) is 2.99. The van der Waals surface area contributed by atoms with Crippen molar-refractivity contribution in [3.05, 3.63) is 53.4 Å². The fourth-order valence-electron chi connectivity index (χ4n) is 2.63. The van der Waals surface area contributed by atoms with Crippen molar-refractivity contribution >= 4 is 28.4 Å². The van der Waals surface area contributed by atoms with E-state index in [1.807, 2.05) is 6.92 Å². The number of fused-ring (bicyclic) bond motifs is 1. The van der Waals surface area contributed by atoms with Crippen molar-refractivity contribution in [2.45, 2.75) is 13.3 Å². The summed E-state index contributed by atoms with van der Waals surface area (Å²) in [6.45, 7) is 1.91. The van der Waals surface area contributed by atoms with E-state index in [0.29, 0.717) is 11.9 Å². The van der Waals surface area contributed by atoms with Crippen LogP contribution in [0.5, 0.6) is 0 Å². The molecule has 3 aromatic rings. The summed E-state index contributed by atoms with van der Waals surface area (Å²) in [5, 5.41) is 2.68. The Morgan fingerprint density at radius 2 is 2.08 bits per heavy atom. The number of hydrogen-bond acceptors (Lipinski definition) is 4. The third-order valence-electron chi connectivity index (χ3n) is 4.07. The topological polar surface area (TPSA) is 56.1 Å². The predicted octanol–water partition coefficient (Wildman–Crippen LogP) is 3.94. The Kier molecular flexibility index (Phi) is 4.39. The van der Waals surface area contributed by atoms with Gasteiger partial charge >= 0.3 is 5.97 Å². The SMILES string of the molecule is CCc1ccc(Nc2c(C(=O)OC)cc3c(ncn3C)c2F)c(F)c1. The standard InChI is InChI=1S/C18H17F2N3O2/c1-4-10-5-6-13(12(19)7-10)22-16-11(18(24)25-3)8-14-17(15(16)20)21-9-23(14)2/h5-9,22H,4H2,1-3H3. The summed E-state index contributed by atoms with van der Waals surface area (Å²) in [5.41, 5.74) is 1.21. The second-order valence-electron chi connectivity index (χ2n) is 5.62. The second kappa shape index (κ2) is 6.51. The minimum Gasteiger partial charge on any atom is -0.465 e. The minimum atomic E-state index is -0.738. The third-order valence-corrected chi connectivity index (χ3v) is 4.07. The molecule has 1 N–H and O–H groups in total. The van der Waals surface area contributed by atoms with Crippen molar-refractivity contribution in [3.8, 4) is 0 Å². The van der Waals surface area contributed by atoms with E-state index < -0.39 is 17.6 Å². The first-order valence-corrected chi connectivity index (χ1v) is 7.73. The van der Waals surface area contributed by atoms with E-state index in [9.17, 15) is 13.6 Å². The summed E-state index contributed by atoms with van der Waals surface area (Å²) in [7, 11) is 2.89. The van der Waals surface area contributed by atoms with Crippen molar-refractivity contribution in [2.75, 3.05) is 12.4 Å². The number of carbonyl (C=O) groups excluding carboxylic acids is 1. The van der Waals surface area contributed by atoms with Crippen LogP contribution in [0.2, 0.25) is 0 Å². The van der Waals surface area contributed by atoms with Crippen molar-refractivity contribution in [1.82, 2.24) is 9.55 Å². The number of carbonyl (C=O) groups is 1. The maximum atomic E-state index is 14.9. The Hall–Kier alpha value is -2.96. The molecule has 0 aliphatic heterocycles. The average molecular weight is 345 g/mol. The van der Waals surface area contributed by atoms with Crippen LogP contribution in [0.3, 0.4) is 0 Å². The maximum Gasteiger partial charge on any atom is 0.340 e. The molecule has 130 valence electrons. The van der Waals surface area contributed by atoms with Gasteiger partial charge in [0.05, 0.1) is 35.9 Å². The van der Waals surface area contributed by atoms with Crippen LogP contribution in [0.1, 0.15) is 22.8 Å². The second-order valence-corrected chi connectivity index (χ2v) is 5.62. The maximum absolute atomic E-state index is 14.9. The molecular weight excluding hydrogens is 328 g/mol. The molecule has 0 amide bonds. The molecule has 5 nitrogen and oxygen atoms in total. The highest BCUT2D eigenvalue weighted by Gasteiger charge is 2.22. The molecule has 0 saturated carbocycles. The van der Waals surface area contributed by atoms with Gasteiger partial charge in [-0.1, -0.05) is 13.0 Å². The van der Waals surface area contributed by atoms with Crippen molar-refractivity contribution in [1.29, 1.82) is 0 Å². The van der Waals surface area contributed by atoms with E-state index >= 15 is 0 Å². The Morgan fingerprint density at radius 3 is 2.72 bits per heavy atom. The van der Waals surface area contributed by atoms with Gasteiger partial charge in [0.25, 0.3) is 0 Å². The molecule has 0 unspecified atom stereocenters. The molecule has 0 bridgehead atoms. The molecule has 7 heteroatoms. The van der Waals surface area contributed by atoms with Gasteiger partial charge in [-0.25, -0.2) is 18.6 Å². The Bertz CT molecular complexity index is 967. The smallest absolute Gasteiger partial charge is 0.340 e. The van der Waals surface area contributed by atoms with Crippen LogP contribution in [0.15, 0.2) is 30.6 Å². The number of nitrogens with one attached hydrogen (secondary N) is 1. The lowest BCUT2D eigenvalue weighted by molar-refractivity contribution is 0.0601. The Morgan fingerprint density at radius 1 is 1.32 bits per heavy atom. The lowest BCUT2D eigenvalue weighted by atomic mass is 10.1. The molecular formula is C18H17F2N3O2. The van der Waals surface area contributed by atoms with Crippen LogP contribution >= 0.6 is 0 Å². The Labute approximate surface area is 143 Å². The summed E-state index contributed by atoms with van der Waals surface area (Å²) in [4.78, 5) is 16.1.